The molecule has 3 rings (SSSR count). The SMILES string of the molecule is CCn1c(N)nc2cc(C(=O)N3CCC(F)(F)CC3)cnc21. The number of nitrogen functional groups attached to an aromatic ring is 1. The Balaban J connectivity index is 1.86. The fourth-order valence-electron chi connectivity index (χ4n) is 2.68. The number of piperidine rings is 1. The van der Waals surface area contributed by atoms with Crippen LogP contribution >= 0.6 is 0 Å². The first-order chi connectivity index (χ1) is 10.4. The molecule has 0 saturated carbocycles. The first kappa shape index (κ1) is 14.7. The number of anilines is 1. The largest absolute Gasteiger partial charge is 0.369 e. The van der Waals surface area contributed by atoms with Crippen LogP contribution in [0.3, 0.4) is 0 Å². The quantitative estimate of drug-likeness (QED) is 0.919. The van der Waals surface area contributed by atoms with Crippen LogP contribution in [0.2, 0.25) is 0 Å². The number of pyridine rings is 1. The third-order valence-corrected chi connectivity index (χ3v) is 3.96. The van der Waals surface area contributed by atoms with Crippen molar-refractivity contribution >= 4 is 23.0 Å². The monoisotopic (exact) mass is 309 g/mol. The molecule has 0 unspecified atom stereocenters. The first-order valence-electron chi connectivity index (χ1n) is 7.20. The van der Waals surface area contributed by atoms with E-state index in [1.54, 1.807) is 10.6 Å². The Morgan fingerprint density at radius 3 is 2.73 bits per heavy atom. The van der Waals surface area contributed by atoms with Gasteiger partial charge in [-0.25, -0.2) is 18.7 Å². The lowest BCUT2D eigenvalue weighted by Gasteiger charge is -2.31. The van der Waals surface area contributed by atoms with E-state index in [0.29, 0.717) is 29.2 Å². The Kier molecular flexibility index (Phi) is 3.46. The molecule has 1 aliphatic heterocycles. The van der Waals surface area contributed by atoms with Gasteiger partial charge < -0.3 is 10.6 Å². The number of fused-ring (bicyclic) bond motifs is 1. The molecule has 1 aliphatic rings. The van der Waals surface area contributed by atoms with Crippen LogP contribution in [-0.4, -0.2) is 44.4 Å². The highest BCUT2D eigenvalue weighted by Crippen LogP contribution is 2.28. The molecule has 0 bridgehead atoms. The van der Waals surface area contributed by atoms with E-state index in [1.165, 1.54) is 11.1 Å². The number of alkyl halides is 2. The topological polar surface area (TPSA) is 77.0 Å². The number of rotatable bonds is 2. The summed E-state index contributed by atoms with van der Waals surface area (Å²) in [5, 5.41) is 0. The van der Waals surface area contributed by atoms with E-state index in [-0.39, 0.29) is 31.8 Å². The maximum Gasteiger partial charge on any atom is 0.255 e. The Hall–Kier alpha value is -2.25. The number of amides is 1. The van der Waals surface area contributed by atoms with Crippen molar-refractivity contribution in [1.82, 2.24) is 19.4 Å². The van der Waals surface area contributed by atoms with Crippen molar-refractivity contribution < 1.29 is 13.6 Å². The van der Waals surface area contributed by atoms with Crippen molar-refractivity contribution in [2.24, 2.45) is 0 Å². The maximum atomic E-state index is 13.2. The zero-order valence-electron chi connectivity index (χ0n) is 12.2. The molecule has 2 N–H and O–H groups in total. The molecule has 0 aromatic carbocycles. The number of hydrogen-bond donors (Lipinski definition) is 1. The lowest BCUT2D eigenvalue weighted by atomic mass is 10.1. The summed E-state index contributed by atoms with van der Waals surface area (Å²) >= 11 is 0. The predicted octanol–water partition coefficient (Wildman–Crippen LogP) is 1.90. The minimum absolute atomic E-state index is 0.0510. The standard InChI is InChI=1S/C14H17F2N5O/c1-2-21-11-10(19-13(21)17)7-9(8-18-11)12(22)20-5-3-14(15,16)4-6-20/h7-8H,2-6H2,1H3,(H2,17,19). The molecule has 1 amide bonds. The van der Waals surface area contributed by atoms with Gasteiger partial charge in [0.05, 0.1) is 5.56 Å². The third kappa shape index (κ3) is 2.49. The molecular weight excluding hydrogens is 292 g/mol. The number of halogens is 2. The summed E-state index contributed by atoms with van der Waals surface area (Å²) in [6, 6.07) is 1.61. The molecular formula is C14H17F2N5O. The highest BCUT2D eigenvalue weighted by Gasteiger charge is 2.35. The molecule has 6 nitrogen and oxygen atoms in total. The van der Waals surface area contributed by atoms with Gasteiger partial charge in [0.2, 0.25) is 5.95 Å². The molecule has 22 heavy (non-hydrogen) atoms. The molecule has 8 heteroatoms. The van der Waals surface area contributed by atoms with Gasteiger partial charge in [-0.3, -0.25) is 9.36 Å². The van der Waals surface area contributed by atoms with Crippen molar-refractivity contribution in [3.05, 3.63) is 17.8 Å². The van der Waals surface area contributed by atoms with Gasteiger partial charge in [0.25, 0.3) is 11.8 Å². The molecule has 118 valence electrons. The first-order valence-corrected chi connectivity index (χ1v) is 7.20. The number of nitrogens with two attached hydrogens (primary N) is 1. The summed E-state index contributed by atoms with van der Waals surface area (Å²) in [6.07, 6.45) is 0.850. The molecule has 0 radical (unpaired) electrons. The van der Waals surface area contributed by atoms with E-state index >= 15 is 0 Å². The predicted molar refractivity (Wildman–Crippen MR) is 77.7 cm³/mol. The van der Waals surface area contributed by atoms with Crippen molar-refractivity contribution in [2.75, 3.05) is 18.8 Å². The Morgan fingerprint density at radius 2 is 2.09 bits per heavy atom. The Bertz CT molecular complexity index is 717. The smallest absolute Gasteiger partial charge is 0.255 e. The van der Waals surface area contributed by atoms with Crippen LogP contribution in [0, 0.1) is 0 Å². The van der Waals surface area contributed by atoms with Gasteiger partial charge in [-0.05, 0) is 13.0 Å². The van der Waals surface area contributed by atoms with Crippen molar-refractivity contribution in [2.45, 2.75) is 32.2 Å². The van der Waals surface area contributed by atoms with Gasteiger partial charge in [-0.1, -0.05) is 0 Å². The highest BCUT2D eigenvalue weighted by atomic mass is 19.3. The summed E-state index contributed by atoms with van der Waals surface area (Å²) in [5.74, 6) is -2.63. The van der Waals surface area contributed by atoms with Crippen LogP contribution in [0.5, 0.6) is 0 Å². The van der Waals surface area contributed by atoms with E-state index < -0.39 is 5.92 Å². The van der Waals surface area contributed by atoms with Gasteiger partial charge in [-0.15, -0.1) is 0 Å². The number of imidazole rings is 1. The highest BCUT2D eigenvalue weighted by molar-refractivity contribution is 5.96. The number of hydrogen-bond acceptors (Lipinski definition) is 4. The average Bonchev–Trinajstić information content (AvgIpc) is 2.80. The van der Waals surface area contributed by atoms with Crippen LogP contribution in [0.25, 0.3) is 11.2 Å². The Labute approximate surface area is 125 Å². The normalized spacial score (nSPS) is 17.9. The number of carbonyl (C=O) groups is 1. The summed E-state index contributed by atoms with van der Waals surface area (Å²) in [6.45, 7) is 2.65. The fourth-order valence-corrected chi connectivity index (χ4v) is 2.68. The van der Waals surface area contributed by atoms with Crippen LogP contribution in [0.15, 0.2) is 12.3 Å². The van der Waals surface area contributed by atoms with Crippen molar-refractivity contribution in [3.63, 3.8) is 0 Å². The third-order valence-electron chi connectivity index (χ3n) is 3.96. The van der Waals surface area contributed by atoms with E-state index in [9.17, 15) is 13.6 Å². The average molecular weight is 309 g/mol. The number of nitrogens with zero attached hydrogens (tertiary/aromatic N) is 4. The zero-order chi connectivity index (χ0) is 15.9. The van der Waals surface area contributed by atoms with Crippen LogP contribution in [0.4, 0.5) is 14.7 Å². The molecule has 1 saturated heterocycles. The second kappa shape index (κ2) is 5.19. The van der Waals surface area contributed by atoms with Gasteiger partial charge in [0.1, 0.15) is 5.52 Å². The lowest BCUT2D eigenvalue weighted by molar-refractivity contribution is -0.0494. The maximum absolute atomic E-state index is 13.2. The minimum Gasteiger partial charge on any atom is -0.369 e. The molecule has 3 heterocycles. The summed E-state index contributed by atoms with van der Waals surface area (Å²) in [7, 11) is 0. The molecule has 0 atom stereocenters. The van der Waals surface area contributed by atoms with Crippen molar-refractivity contribution in [3.8, 4) is 0 Å². The number of aromatic nitrogens is 3. The van der Waals surface area contributed by atoms with E-state index in [1.807, 2.05) is 6.92 Å². The summed E-state index contributed by atoms with van der Waals surface area (Å²) in [4.78, 5) is 22.2. The molecule has 2 aromatic rings. The fraction of sp³-hybridized carbons (Fsp3) is 0.500. The summed E-state index contributed by atoms with van der Waals surface area (Å²) in [5.41, 5.74) is 7.29. The lowest BCUT2D eigenvalue weighted by Crippen LogP contribution is -2.42. The number of likely N-dealkylation sites (tertiary alicyclic amines) is 1. The van der Waals surface area contributed by atoms with Gasteiger partial charge in [0, 0.05) is 38.7 Å². The molecule has 0 spiro atoms. The van der Waals surface area contributed by atoms with Crippen molar-refractivity contribution in [1.29, 1.82) is 0 Å². The van der Waals surface area contributed by atoms with Gasteiger partial charge in [0.15, 0.2) is 5.65 Å². The molecule has 1 fully saturated rings. The molecule has 0 aliphatic carbocycles. The minimum atomic E-state index is -2.67. The van der Waals surface area contributed by atoms with E-state index in [4.69, 9.17) is 5.73 Å². The zero-order valence-corrected chi connectivity index (χ0v) is 12.2. The van der Waals surface area contributed by atoms with Crippen LogP contribution < -0.4 is 5.73 Å². The second-order valence-corrected chi connectivity index (χ2v) is 5.43. The summed E-state index contributed by atoms with van der Waals surface area (Å²) < 4.78 is 28.1. The second-order valence-electron chi connectivity index (χ2n) is 5.43. The van der Waals surface area contributed by atoms with Crippen LogP contribution in [-0.2, 0) is 6.54 Å². The number of aryl methyl sites for hydroxylation is 1. The van der Waals surface area contributed by atoms with E-state index in [2.05, 4.69) is 9.97 Å². The van der Waals surface area contributed by atoms with Gasteiger partial charge >= 0.3 is 0 Å². The Morgan fingerprint density at radius 1 is 1.41 bits per heavy atom. The number of carbonyl (C=O) groups excluding carboxylic acids is 1. The van der Waals surface area contributed by atoms with Crippen LogP contribution in [0.1, 0.15) is 30.1 Å². The van der Waals surface area contributed by atoms with Gasteiger partial charge in [-0.2, -0.15) is 0 Å². The molecule has 2 aromatic heterocycles. The van der Waals surface area contributed by atoms with E-state index in [0.717, 1.165) is 0 Å².